The Labute approximate surface area is 159 Å². The zero-order valence-corrected chi connectivity index (χ0v) is 17.4. The third-order valence-corrected chi connectivity index (χ3v) is 5.47. The van der Waals surface area contributed by atoms with Crippen molar-refractivity contribution >= 4 is 5.96 Å². The number of benzene rings is 1. The van der Waals surface area contributed by atoms with Crippen molar-refractivity contribution in [1.29, 1.82) is 0 Å². The molecule has 2 N–H and O–H groups in total. The highest BCUT2D eigenvalue weighted by atomic mass is 15.3. The molecular weight excluding hydrogens is 322 g/mol. The lowest BCUT2D eigenvalue weighted by Crippen LogP contribution is -2.50. The number of aliphatic imine (C=N–C) groups is 1. The number of guanidine groups is 1. The molecule has 2 rings (SSSR count). The van der Waals surface area contributed by atoms with Crippen molar-refractivity contribution in [2.45, 2.75) is 45.3 Å². The minimum Gasteiger partial charge on any atom is -0.355 e. The SMILES string of the molecule is CN=C(NCC(Cc1ccccc1)N(C)C)NC1CN(C(C)C)CC1C. The number of rotatable bonds is 7. The van der Waals surface area contributed by atoms with Crippen molar-refractivity contribution in [2.75, 3.05) is 40.8 Å². The van der Waals surface area contributed by atoms with Gasteiger partial charge in [0.05, 0.1) is 0 Å². The van der Waals surface area contributed by atoms with Crippen molar-refractivity contribution < 1.29 is 0 Å². The second kappa shape index (κ2) is 9.93. The fourth-order valence-electron chi connectivity index (χ4n) is 3.52. The molecule has 1 aliphatic rings. The molecule has 1 fully saturated rings. The van der Waals surface area contributed by atoms with Crippen molar-refractivity contribution in [3.05, 3.63) is 35.9 Å². The fraction of sp³-hybridized carbons (Fsp3) is 0.667. The lowest BCUT2D eigenvalue weighted by molar-refractivity contribution is 0.265. The van der Waals surface area contributed by atoms with Crippen molar-refractivity contribution in [3.63, 3.8) is 0 Å². The molecule has 146 valence electrons. The molecule has 1 aromatic carbocycles. The number of nitrogens with zero attached hydrogens (tertiary/aromatic N) is 3. The van der Waals surface area contributed by atoms with Gasteiger partial charge in [0.25, 0.3) is 0 Å². The Morgan fingerprint density at radius 3 is 2.46 bits per heavy atom. The molecule has 5 heteroatoms. The van der Waals surface area contributed by atoms with Crippen LogP contribution >= 0.6 is 0 Å². The van der Waals surface area contributed by atoms with E-state index < -0.39 is 0 Å². The lowest BCUT2D eigenvalue weighted by Gasteiger charge is -2.27. The molecular formula is C21H37N5. The van der Waals surface area contributed by atoms with Crippen LogP contribution in [0, 0.1) is 5.92 Å². The first-order valence-electron chi connectivity index (χ1n) is 9.82. The summed E-state index contributed by atoms with van der Waals surface area (Å²) < 4.78 is 0. The number of nitrogens with one attached hydrogen (secondary N) is 2. The molecule has 0 radical (unpaired) electrons. The molecule has 0 spiro atoms. The van der Waals surface area contributed by atoms with Gasteiger partial charge in [-0.2, -0.15) is 0 Å². The van der Waals surface area contributed by atoms with E-state index >= 15 is 0 Å². The topological polar surface area (TPSA) is 42.9 Å². The Balaban J connectivity index is 1.88. The largest absolute Gasteiger partial charge is 0.355 e. The minimum absolute atomic E-state index is 0.420. The predicted molar refractivity (Wildman–Crippen MR) is 112 cm³/mol. The summed E-state index contributed by atoms with van der Waals surface area (Å²) in [5.74, 6) is 1.54. The average molecular weight is 360 g/mol. The van der Waals surface area contributed by atoms with Gasteiger partial charge in [0.15, 0.2) is 5.96 Å². The number of hydrogen-bond donors (Lipinski definition) is 2. The highest BCUT2D eigenvalue weighted by Crippen LogP contribution is 2.18. The van der Waals surface area contributed by atoms with Crippen LogP contribution in [0.25, 0.3) is 0 Å². The van der Waals surface area contributed by atoms with E-state index in [0.29, 0.717) is 24.0 Å². The molecule has 0 amide bonds. The standard InChI is InChI=1S/C21H37N5/c1-16(2)26-14-17(3)20(15-26)24-21(22-4)23-13-19(25(5)6)12-18-10-8-7-9-11-18/h7-11,16-17,19-20H,12-15H2,1-6H3,(H2,22,23,24). The van der Waals surface area contributed by atoms with E-state index in [2.05, 4.69) is 90.6 Å². The van der Waals surface area contributed by atoms with E-state index in [0.717, 1.165) is 32.0 Å². The summed E-state index contributed by atoms with van der Waals surface area (Å²) in [6.07, 6.45) is 1.03. The van der Waals surface area contributed by atoms with E-state index in [4.69, 9.17) is 0 Å². The van der Waals surface area contributed by atoms with Crippen LogP contribution in [-0.4, -0.2) is 74.7 Å². The molecule has 1 heterocycles. The molecule has 0 aliphatic carbocycles. The summed E-state index contributed by atoms with van der Waals surface area (Å²) >= 11 is 0. The van der Waals surface area contributed by atoms with Crippen LogP contribution in [0.5, 0.6) is 0 Å². The smallest absolute Gasteiger partial charge is 0.191 e. The Morgan fingerprint density at radius 1 is 1.23 bits per heavy atom. The zero-order chi connectivity index (χ0) is 19.1. The van der Waals surface area contributed by atoms with Crippen LogP contribution in [0.3, 0.4) is 0 Å². The first kappa shape index (κ1) is 20.7. The Bertz CT molecular complexity index is 555. The molecule has 1 saturated heterocycles. The molecule has 3 atom stereocenters. The van der Waals surface area contributed by atoms with Crippen LogP contribution in [0.1, 0.15) is 26.3 Å². The van der Waals surface area contributed by atoms with E-state index in [1.165, 1.54) is 5.56 Å². The van der Waals surface area contributed by atoms with Gasteiger partial charge < -0.3 is 15.5 Å². The quantitative estimate of drug-likeness (QED) is 0.578. The molecule has 5 nitrogen and oxygen atoms in total. The Morgan fingerprint density at radius 2 is 1.92 bits per heavy atom. The van der Waals surface area contributed by atoms with Crippen molar-refractivity contribution in [2.24, 2.45) is 10.9 Å². The van der Waals surface area contributed by atoms with Crippen LogP contribution in [0.15, 0.2) is 35.3 Å². The second-order valence-corrected chi connectivity index (χ2v) is 8.04. The molecule has 1 aliphatic heterocycles. The second-order valence-electron chi connectivity index (χ2n) is 8.04. The summed E-state index contributed by atoms with van der Waals surface area (Å²) in [5, 5.41) is 7.18. The van der Waals surface area contributed by atoms with Gasteiger partial charge in [-0.15, -0.1) is 0 Å². The maximum absolute atomic E-state index is 4.45. The average Bonchev–Trinajstić information content (AvgIpc) is 2.99. The molecule has 0 saturated carbocycles. The van der Waals surface area contributed by atoms with Crippen LogP contribution in [-0.2, 0) is 6.42 Å². The normalized spacial score (nSPS) is 22.8. The van der Waals surface area contributed by atoms with Crippen molar-refractivity contribution in [1.82, 2.24) is 20.4 Å². The van der Waals surface area contributed by atoms with E-state index in [9.17, 15) is 0 Å². The van der Waals surface area contributed by atoms with Gasteiger partial charge in [-0.25, -0.2) is 0 Å². The van der Waals surface area contributed by atoms with E-state index in [-0.39, 0.29) is 0 Å². The highest BCUT2D eigenvalue weighted by molar-refractivity contribution is 5.80. The summed E-state index contributed by atoms with van der Waals surface area (Å²) in [6, 6.07) is 12.2. The molecule has 0 bridgehead atoms. The summed E-state index contributed by atoms with van der Waals surface area (Å²) in [5.41, 5.74) is 1.37. The van der Waals surface area contributed by atoms with Gasteiger partial charge in [0.2, 0.25) is 0 Å². The maximum Gasteiger partial charge on any atom is 0.191 e. The third kappa shape index (κ3) is 5.99. The zero-order valence-electron chi connectivity index (χ0n) is 17.4. The summed E-state index contributed by atoms with van der Waals surface area (Å²) in [6.45, 7) is 9.98. The number of hydrogen-bond acceptors (Lipinski definition) is 3. The van der Waals surface area contributed by atoms with E-state index in [1.807, 2.05) is 7.05 Å². The highest BCUT2D eigenvalue weighted by Gasteiger charge is 2.31. The van der Waals surface area contributed by atoms with Crippen LogP contribution in [0.2, 0.25) is 0 Å². The van der Waals surface area contributed by atoms with Gasteiger partial charge in [-0.1, -0.05) is 37.3 Å². The van der Waals surface area contributed by atoms with Crippen LogP contribution in [0.4, 0.5) is 0 Å². The first-order valence-corrected chi connectivity index (χ1v) is 9.82. The first-order chi connectivity index (χ1) is 12.4. The number of likely N-dealkylation sites (N-methyl/N-ethyl adjacent to an activating group) is 1. The summed E-state index contributed by atoms with van der Waals surface area (Å²) in [4.78, 5) is 9.27. The van der Waals surface area contributed by atoms with Gasteiger partial charge in [-0.3, -0.25) is 9.89 Å². The molecule has 0 aromatic heterocycles. The van der Waals surface area contributed by atoms with Gasteiger partial charge in [0.1, 0.15) is 0 Å². The third-order valence-electron chi connectivity index (χ3n) is 5.47. The molecule has 1 aromatic rings. The Hall–Kier alpha value is -1.59. The van der Waals surface area contributed by atoms with Gasteiger partial charge >= 0.3 is 0 Å². The van der Waals surface area contributed by atoms with Gasteiger partial charge in [-0.05, 0) is 45.8 Å². The Kier molecular flexibility index (Phi) is 7.91. The maximum atomic E-state index is 4.45. The van der Waals surface area contributed by atoms with Crippen molar-refractivity contribution in [3.8, 4) is 0 Å². The summed E-state index contributed by atoms with van der Waals surface area (Å²) in [7, 11) is 6.15. The fourth-order valence-corrected chi connectivity index (χ4v) is 3.52. The minimum atomic E-state index is 0.420. The number of likely N-dealkylation sites (tertiary alicyclic amines) is 1. The predicted octanol–water partition coefficient (Wildman–Crippen LogP) is 2.05. The van der Waals surface area contributed by atoms with Crippen LogP contribution < -0.4 is 10.6 Å². The monoisotopic (exact) mass is 359 g/mol. The lowest BCUT2D eigenvalue weighted by atomic mass is 10.1. The molecule has 26 heavy (non-hydrogen) atoms. The van der Waals surface area contributed by atoms with E-state index in [1.54, 1.807) is 0 Å². The van der Waals surface area contributed by atoms with Gasteiger partial charge in [0, 0.05) is 44.8 Å². The molecule has 3 unspecified atom stereocenters.